The number of benzene rings is 1. The number of methoxy groups -OCH3 is 1. The van der Waals surface area contributed by atoms with Crippen LogP contribution in [0.1, 0.15) is 10.4 Å². The lowest BCUT2D eigenvalue weighted by molar-refractivity contribution is 0.0951. The molecule has 30 heavy (non-hydrogen) atoms. The van der Waals surface area contributed by atoms with Crippen LogP contribution in [0.3, 0.4) is 0 Å². The van der Waals surface area contributed by atoms with Gasteiger partial charge < -0.3 is 24.4 Å². The van der Waals surface area contributed by atoms with Gasteiger partial charge in [0, 0.05) is 36.9 Å². The Morgan fingerprint density at radius 1 is 1.13 bits per heavy atom. The Balaban J connectivity index is 1.38. The number of nitrogens with one attached hydrogen (secondary N) is 2. The van der Waals surface area contributed by atoms with Crippen molar-refractivity contribution in [2.75, 3.05) is 25.5 Å². The molecule has 0 saturated carbocycles. The first-order valence-corrected chi connectivity index (χ1v) is 9.24. The topological polar surface area (TPSA) is 111 Å². The number of carbonyl (C=O) groups excluding carboxylic acids is 1. The van der Waals surface area contributed by atoms with E-state index >= 15 is 0 Å². The highest BCUT2D eigenvalue weighted by atomic mass is 16.5. The number of amides is 1. The summed E-state index contributed by atoms with van der Waals surface area (Å²) in [6, 6.07) is 12.3. The van der Waals surface area contributed by atoms with Gasteiger partial charge in [0.1, 0.15) is 23.5 Å². The first kappa shape index (κ1) is 19.2. The van der Waals surface area contributed by atoms with Gasteiger partial charge in [-0.25, -0.2) is 14.8 Å². The van der Waals surface area contributed by atoms with Crippen molar-refractivity contribution in [2.45, 2.75) is 0 Å². The molecule has 3 aromatic heterocycles. The fraction of sp³-hybridized carbons (Fsp3) is 0.143. The second kappa shape index (κ2) is 8.48. The van der Waals surface area contributed by atoms with E-state index in [1.54, 1.807) is 24.3 Å². The number of carbonyl (C=O) groups is 1. The molecule has 0 aliphatic carbocycles. The zero-order valence-corrected chi connectivity index (χ0v) is 16.2. The summed E-state index contributed by atoms with van der Waals surface area (Å²) in [4.78, 5) is 33.0. The molecule has 1 amide bonds. The minimum Gasteiger partial charge on any atom is -0.493 e. The van der Waals surface area contributed by atoms with Gasteiger partial charge in [0.15, 0.2) is 11.3 Å². The highest BCUT2D eigenvalue weighted by Crippen LogP contribution is 2.24. The lowest BCUT2D eigenvalue weighted by atomic mass is 10.1. The quantitative estimate of drug-likeness (QED) is 0.358. The first-order chi connectivity index (χ1) is 14.7. The van der Waals surface area contributed by atoms with Gasteiger partial charge in [0.05, 0.1) is 7.11 Å². The van der Waals surface area contributed by atoms with E-state index in [0.29, 0.717) is 29.1 Å². The van der Waals surface area contributed by atoms with Crippen molar-refractivity contribution in [1.29, 1.82) is 0 Å². The van der Waals surface area contributed by atoms with Crippen LogP contribution >= 0.6 is 0 Å². The summed E-state index contributed by atoms with van der Waals surface area (Å²) in [5.74, 6) is 1.28. The van der Waals surface area contributed by atoms with Crippen molar-refractivity contribution in [3.8, 4) is 11.6 Å². The molecule has 4 rings (SSSR count). The molecule has 0 saturated heterocycles. The molecule has 0 spiro atoms. The SMILES string of the molecule is COc1cccc2cc(C(=O)NCCNc3cc(-n4cccc4)ncn3)c(=O)oc12. The molecule has 0 fully saturated rings. The third-order valence-electron chi connectivity index (χ3n) is 4.43. The summed E-state index contributed by atoms with van der Waals surface area (Å²) in [7, 11) is 1.49. The Kier molecular flexibility index (Phi) is 5.42. The molecule has 0 aliphatic heterocycles. The van der Waals surface area contributed by atoms with E-state index < -0.39 is 11.5 Å². The van der Waals surface area contributed by atoms with Gasteiger partial charge in [-0.2, -0.15) is 0 Å². The third-order valence-corrected chi connectivity index (χ3v) is 4.43. The number of nitrogens with zero attached hydrogens (tertiary/aromatic N) is 3. The lowest BCUT2D eigenvalue weighted by Crippen LogP contribution is -2.32. The molecular formula is C21H19N5O4. The number of para-hydroxylation sites is 1. The Hall–Kier alpha value is -4.14. The van der Waals surface area contributed by atoms with E-state index in [2.05, 4.69) is 20.6 Å². The molecule has 0 unspecified atom stereocenters. The second-order valence-electron chi connectivity index (χ2n) is 6.36. The van der Waals surface area contributed by atoms with Crippen LogP contribution in [-0.4, -0.2) is 40.6 Å². The van der Waals surface area contributed by atoms with Crippen LogP contribution in [0.4, 0.5) is 5.82 Å². The van der Waals surface area contributed by atoms with E-state index in [1.807, 2.05) is 29.1 Å². The van der Waals surface area contributed by atoms with Crippen molar-refractivity contribution in [3.63, 3.8) is 0 Å². The first-order valence-electron chi connectivity index (χ1n) is 9.24. The van der Waals surface area contributed by atoms with Crippen LogP contribution in [0.5, 0.6) is 5.75 Å². The van der Waals surface area contributed by atoms with Crippen LogP contribution in [0.25, 0.3) is 16.8 Å². The van der Waals surface area contributed by atoms with Crippen LogP contribution in [0.2, 0.25) is 0 Å². The molecule has 4 aromatic rings. The fourth-order valence-electron chi connectivity index (χ4n) is 2.97. The van der Waals surface area contributed by atoms with Gasteiger partial charge in [-0.15, -0.1) is 0 Å². The molecular weight excluding hydrogens is 386 g/mol. The van der Waals surface area contributed by atoms with E-state index in [1.165, 1.54) is 19.5 Å². The minimum atomic E-state index is -0.718. The average molecular weight is 405 g/mol. The number of hydrogen-bond donors (Lipinski definition) is 2. The maximum atomic E-state index is 12.4. The van der Waals surface area contributed by atoms with Crippen LogP contribution in [0, 0.1) is 0 Å². The number of rotatable bonds is 7. The summed E-state index contributed by atoms with van der Waals surface area (Å²) < 4.78 is 12.3. The predicted octanol–water partition coefficient (Wildman–Crippen LogP) is 2.22. The summed E-state index contributed by atoms with van der Waals surface area (Å²) >= 11 is 0. The molecule has 9 nitrogen and oxygen atoms in total. The van der Waals surface area contributed by atoms with Crippen molar-refractivity contribution < 1.29 is 13.9 Å². The predicted molar refractivity (Wildman–Crippen MR) is 111 cm³/mol. The van der Waals surface area contributed by atoms with Gasteiger partial charge in [-0.1, -0.05) is 12.1 Å². The molecule has 1 aromatic carbocycles. The van der Waals surface area contributed by atoms with E-state index in [9.17, 15) is 9.59 Å². The Bertz CT molecular complexity index is 1230. The summed E-state index contributed by atoms with van der Waals surface area (Å²) in [5.41, 5.74) is -0.470. The van der Waals surface area contributed by atoms with Crippen LogP contribution in [-0.2, 0) is 0 Å². The van der Waals surface area contributed by atoms with Crippen LogP contribution < -0.4 is 21.0 Å². The van der Waals surface area contributed by atoms with Crippen LogP contribution in [0.15, 0.2) is 70.4 Å². The van der Waals surface area contributed by atoms with Gasteiger partial charge in [-0.3, -0.25) is 4.79 Å². The normalized spacial score (nSPS) is 10.7. The van der Waals surface area contributed by atoms with Gasteiger partial charge in [0.2, 0.25) is 0 Å². The zero-order chi connectivity index (χ0) is 20.9. The van der Waals surface area contributed by atoms with Crippen molar-refractivity contribution in [1.82, 2.24) is 19.9 Å². The zero-order valence-electron chi connectivity index (χ0n) is 16.2. The van der Waals surface area contributed by atoms with E-state index in [4.69, 9.17) is 9.15 Å². The van der Waals surface area contributed by atoms with E-state index in [-0.39, 0.29) is 12.1 Å². The Morgan fingerprint density at radius 2 is 1.97 bits per heavy atom. The maximum absolute atomic E-state index is 12.4. The lowest BCUT2D eigenvalue weighted by Gasteiger charge is -2.09. The maximum Gasteiger partial charge on any atom is 0.349 e. The monoisotopic (exact) mass is 405 g/mol. The number of anilines is 1. The Morgan fingerprint density at radius 3 is 2.77 bits per heavy atom. The number of aromatic nitrogens is 3. The molecule has 0 bridgehead atoms. The fourth-order valence-corrected chi connectivity index (χ4v) is 2.97. The van der Waals surface area contributed by atoms with Crippen molar-refractivity contribution >= 4 is 22.7 Å². The summed E-state index contributed by atoms with van der Waals surface area (Å²) in [6.45, 7) is 0.706. The largest absolute Gasteiger partial charge is 0.493 e. The Labute approximate surface area is 171 Å². The van der Waals surface area contributed by atoms with Gasteiger partial charge >= 0.3 is 5.63 Å². The smallest absolute Gasteiger partial charge is 0.349 e. The highest BCUT2D eigenvalue weighted by Gasteiger charge is 2.15. The van der Waals surface area contributed by atoms with Gasteiger partial charge in [-0.05, 0) is 24.3 Å². The highest BCUT2D eigenvalue weighted by molar-refractivity contribution is 5.97. The third kappa shape index (κ3) is 4.00. The minimum absolute atomic E-state index is 0.0623. The molecule has 0 atom stereocenters. The van der Waals surface area contributed by atoms with Gasteiger partial charge in [0.25, 0.3) is 5.91 Å². The average Bonchev–Trinajstić information content (AvgIpc) is 3.31. The number of ether oxygens (including phenoxy) is 1. The van der Waals surface area contributed by atoms with Crippen molar-refractivity contribution in [3.05, 3.63) is 77.2 Å². The molecule has 2 N–H and O–H groups in total. The molecule has 152 valence electrons. The standard InChI is InChI=1S/C21H19N5O4/c1-29-16-6-4-5-14-11-15(21(28)30-19(14)16)20(27)23-8-7-22-17-12-18(25-13-24-17)26-9-2-3-10-26/h2-6,9-13H,7-8H2,1H3,(H,23,27)(H,22,24,25). The molecule has 9 heteroatoms. The second-order valence-corrected chi connectivity index (χ2v) is 6.36. The molecule has 0 radical (unpaired) electrons. The van der Waals surface area contributed by atoms with Crippen molar-refractivity contribution in [2.24, 2.45) is 0 Å². The molecule has 3 heterocycles. The van der Waals surface area contributed by atoms with E-state index in [0.717, 1.165) is 5.82 Å². The summed E-state index contributed by atoms with van der Waals surface area (Å²) in [5, 5.41) is 6.43. The number of hydrogen-bond acceptors (Lipinski definition) is 7. The number of fused-ring (bicyclic) bond motifs is 1. The summed E-state index contributed by atoms with van der Waals surface area (Å²) in [6.07, 6.45) is 5.24. The molecule has 0 aliphatic rings.